The molecule has 0 bridgehead atoms. The van der Waals surface area contributed by atoms with Gasteiger partial charge in [-0.3, -0.25) is 4.79 Å². The number of ether oxygens (including phenoxy) is 2. The van der Waals surface area contributed by atoms with Gasteiger partial charge in [0.1, 0.15) is 19.0 Å². The van der Waals surface area contributed by atoms with Crippen molar-refractivity contribution in [2.45, 2.75) is 11.8 Å². The molecule has 0 aliphatic carbocycles. The summed E-state index contributed by atoms with van der Waals surface area (Å²) in [6, 6.07) is 10.5. The average Bonchev–Trinajstić information content (AvgIpc) is 2.65. The van der Waals surface area contributed by atoms with Crippen LogP contribution in [-0.2, 0) is 14.8 Å². The summed E-state index contributed by atoms with van der Waals surface area (Å²) >= 11 is 6.01. The molecule has 9 heteroatoms. The van der Waals surface area contributed by atoms with E-state index in [2.05, 4.69) is 0 Å². The van der Waals surface area contributed by atoms with Crippen LogP contribution in [0.15, 0.2) is 47.4 Å². The lowest BCUT2D eigenvalue weighted by atomic mass is 10.1. The monoisotopic (exact) mass is 425 g/mol. The number of halogens is 1. The summed E-state index contributed by atoms with van der Waals surface area (Å²) in [5, 5.41) is 0.0746. The van der Waals surface area contributed by atoms with Gasteiger partial charge in [-0.1, -0.05) is 23.7 Å². The lowest BCUT2D eigenvalue weighted by Crippen LogP contribution is -2.22. The second-order valence-corrected chi connectivity index (χ2v) is 8.52. The van der Waals surface area contributed by atoms with Gasteiger partial charge in [0.2, 0.25) is 10.0 Å². The molecule has 28 heavy (non-hydrogen) atoms. The van der Waals surface area contributed by atoms with Crippen LogP contribution in [0.4, 0.5) is 0 Å². The molecule has 0 aliphatic rings. The Bertz CT molecular complexity index is 988. The van der Waals surface area contributed by atoms with Crippen LogP contribution in [0.3, 0.4) is 0 Å². The Kier molecular flexibility index (Phi) is 7.17. The van der Waals surface area contributed by atoms with Gasteiger partial charge < -0.3 is 9.47 Å². The third-order valence-corrected chi connectivity index (χ3v) is 5.92. The van der Waals surface area contributed by atoms with Crippen molar-refractivity contribution >= 4 is 33.4 Å². The predicted molar refractivity (Wildman–Crippen MR) is 105 cm³/mol. The summed E-state index contributed by atoms with van der Waals surface area (Å²) in [4.78, 5) is 23.8. The molecule has 0 heterocycles. The number of sulfonamides is 1. The fourth-order valence-corrected chi connectivity index (χ4v) is 3.40. The quantitative estimate of drug-likeness (QED) is 0.367. The van der Waals surface area contributed by atoms with Crippen LogP contribution >= 0.6 is 11.6 Å². The third kappa shape index (κ3) is 5.09. The minimum atomic E-state index is -3.71. The minimum Gasteiger partial charge on any atom is -0.489 e. The molecule has 0 unspecified atom stereocenters. The average molecular weight is 426 g/mol. The van der Waals surface area contributed by atoms with Crippen molar-refractivity contribution < 1.29 is 27.5 Å². The summed E-state index contributed by atoms with van der Waals surface area (Å²) in [5.74, 6) is -0.522. The molecule has 150 valence electrons. The number of carbonyl (C=O) groups is 2. The predicted octanol–water partition coefficient (Wildman–Crippen LogP) is 3.03. The fraction of sp³-hybridized carbons (Fsp3) is 0.263. The lowest BCUT2D eigenvalue weighted by molar-refractivity contribution is 0.0449. The normalized spacial score (nSPS) is 11.3. The Morgan fingerprint density at radius 3 is 2.36 bits per heavy atom. The molecular formula is C19H20ClNO6S. The summed E-state index contributed by atoms with van der Waals surface area (Å²) < 4.78 is 36.1. The van der Waals surface area contributed by atoms with Crippen LogP contribution in [-0.4, -0.2) is 51.8 Å². The summed E-state index contributed by atoms with van der Waals surface area (Å²) in [6.07, 6.45) is 0. The zero-order valence-electron chi connectivity index (χ0n) is 15.6. The SMILES string of the molecule is CC(=O)c1ccccc1OCCOC(=O)c1cc(S(=O)(=O)N(C)C)ccc1Cl. The smallest absolute Gasteiger partial charge is 0.339 e. The Hall–Kier alpha value is -2.42. The molecule has 0 aliphatic heterocycles. The van der Waals surface area contributed by atoms with Gasteiger partial charge in [-0.25, -0.2) is 17.5 Å². The lowest BCUT2D eigenvalue weighted by Gasteiger charge is -2.13. The van der Waals surface area contributed by atoms with Gasteiger partial charge in [-0.2, -0.15) is 0 Å². The largest absolute Gasteiger partial charge is 0.489 e. The zero-order chi connectivity index (χ0) is 20.9. The first-order valence-electron chi connectivity index (χ1n) is 8.26. The maximum absolute atomic E-state index is 12.3. The van der Waals surface area contributed by atoms with E-state index in [9.17, 15) is 18.0 Å². The first kappa shape index (κ1) is 21.9. The maximum Gasteiger partial charge on any atom is 0.339 e. The van der Waals surface area contributed by atoms with Gasteiger partial charge in [0.25, 0.3) is 0 Å². The molecule has 0 saturated carbocycles. The van der Waals surface area contributed by atoms with E-state index in [4.69, 9.17) is 21.1 Å². The van der Waals surface area contributed by atoms with Crippen LogP contribution in [0.1, 0.15) is 27.6 Å². The second-order valence-electron chi connectivity index (χ2n) is 5.97. The number of carbonyl (C=O) groups excluding carboxylic acids is 2. The molecule has 0 saturated heterocycles. The molecule has 0 radical (unpaired) electrons. The molecular weight excluding hydrogens is 406 g/mol. The maximum atomic E-state index is 12.3. The molecule has 7 nitrogen and oxygen atoms in total. The molecule has 0 amide bonds. The number of para-hydroxylation sites is 1. The Morgan fingerprint density at radius 2 is 1.71 bits per heavy atom. The summed E-state index contributed by atoms with van der Waals surface area (Å²) in [5.41, 5.74) is 0.368. The zero-order valence-corrected chi connectivity index (χ0v) is 17.2. The van der Waals surface area contributed by atoms with Crippen LogP contribution in [0.5, 0.6) is 5.75 Å². The number of Topliss-reactive ketones (excluding diaryl/α,β-unsaturated/α-hetero) is 1. The highest BCUT2D eigenvalue weighted by atomic mass is 35.5. The number of nitrogens with zero attached hydrogens (tertiary/aromatic N) is 1. The van der Waals surface area contributed by atoms with Gasteiger partial charge in [0.15, 0.2) is 5.78 Å². The van der Waals surface area contributed by atoms with Crippen molar-refractivity contribution in [3.8, 4) is 5.75 Å². The van der Waals surface area contributed by atoms with E-state index < -0.39 is 16.0 Å². The standard InChI is InChI=1S/C19H20ClNO6S/c1-13(22)15-6-4-5-7-18(15)26-10-11-27-19(23)16-12-14(8-9-17(16)20)28(24,25)21(2)3/h4-9,12H,10-11H2,1-3H3. The number of rotatable bonds is 8. The van der Waals surface area contributed by atoms with Crippen molar-refractivity contribution in [3.63, 3.8) is 0 Å². The number of esters is 1. The van der Waals surface area contributed by atoms with Crippen molar-refractivity contribution in [3.05, 3.63) is 58.6 Å². The third-order valence-electron chi connectivity index (χ3n) is 3.78. The van der Waals surface area contributed by atoms with Crippen LogP contribution in [0.25, 0.3) is 0 Å². The number of hydrogen-bond donors (Lipinski definition) is 0. The van der Waals surface area contributed by atoms with Crippen molar-refractivity contribution in [1.29, 1.82) is 0 Å². The Morgan fingerprint density at radius 1 is 1.04 bits per heavy atom. The van der Waals surface area contributed by atoms with Crippen LogP contribution < -0.4 is 4.74 Å². The minimum absolute atomic E-state index is 0.0172. The molecule has 2 aromatic rings. The van der Waals surface area contributed by atoms with Gasteiger partial charge >= 0.3 is 5.97 Å². The first-order chi connectivity index (χ1) is 13.1. The van der Waals surface area contributed by atoms with Gasteiger partial charge in [0, 0.05) is 14.1 Å². The highest BCUT2D eigenvalue weighted by Crippen LogP contribution is 2.23. The van der Waals surface area contributed by atoms with E-state index in [1.165, 1.54) is 39.2 Å². The highest BCUT2D eigenvalue weighted by molar-refractivity contribution is 7.89. The molecule has 0 spiro atoms. The van der Waals surface area contributed by atoms with E-state index in [1.54, 1.807) is 24.3 Å². The topological polar surface area (TPSA) is 90.0 Å². The summed E-state index contributed by atoms with van der Waals surface area (Å²) in [7, 11) is -0.939. The summed E-state index contributed by atoms with van der Waals surface area (Å²) in [6.45, 7) is 1.34. The number of hydrogen-bond acceptors (Lipinski definition) is 6. The second kappa shape index (κ2) is 9.18. The molecule has 0 aromatic heterocycles. The molecule has 0 fully saturated rings. The van der Waals surface area contributed by atoms with E-state index in [-0.39, 0.29) is 34.5 Å². The van der Waals surface area contributed by atoms with Gasteiger partial charge in [-0.15, -0.1) is 0 Å². The van der Waals surface area contributed by atoms with Crippen molar-refractivity contribution in [2.24, 2.45) is 0 Å². The first-order valence-corrected chi connectivity index (χ1v) is 10.1. The van der Waals surface area contributed by atoms with Gasteiger partial charge in [-0.05, 0) is 37.3 Å². The Balaban J connectivity index is 2.03. The fourth-order valence-electron chi connectivity index (χ4n) is 2.28. The van der Waals surface area contributed by atoms with Gasteiger partial charge in [0.05, 0.1) is 21.0 Å². The van der Waals surface area contributed by atoms with E-state index >= 15 is 0 Å². The number of ketones is 1. The van der Waals surface area contributed by atoms with E-state index in [0.29, 0.717) is 11.3 Å². The van der Waals surface area contributed by atoms with Crippen molar-refractivity contribution in [2.75, 3.05) is 27.3 Å². The molecule has 2 aromatic carbocycles. The Labute approximate surface area is 168 Å². The highest BCUT2D eigenvalue weighted by Gasteiger charge is 2.21. The van der Waals surface area contributed by atoms with E-state index in [1.807, 2.05) is 0 Å². The molecule has 0 atom stereocenters. The van der Waals surface area contributed by atoms with Crippen LogP contribution in [0, 0.1) is 0 Å². The molecule has 0 N–H and O–H groups in total. The van der Waals surface area contributed by atoms with E-state index in [0.717, 1.165) is 4.31 Å². The van der Waals surface area contributed by atoms with Crippen molar-refractivity contribution in [1.82, 2.24) is 4.31 Å². The number of benzene rings is 2. The van der Waals surface area contributed by atoms with Crippen LogP contribution in [0.2, 0.25) is 5.02 Å². The molecule has 2 rings (SSSR count).